The SMILES string of the molecule is CCOc1nc(N)nc(NC(C)Cc2ccco2)n1. The van der Waals surface area contributed by atoms with Gasteiger partial charge >= 0.3 is 6.01 Å². The summed E-state index contributed by atoms with van der Waals surface area (Å²) in [5.41, 5.74) is 5.60. The van der Waals surface area contributed by atoms with E-state index in [9.17, 15) is 0 Å². The van der Waals surface area contributed by atoms with Gasteiger partial charge in [0.15, 0.2) is 0 Å². The fourth-order valence-corrected chi connectivity index (χ4v) is 1.63. The van der Waals surface area contributed by atoms with E-state index in [2.05, 4.69) is 20.3 Å². The van der Waals surface area contributed by atoms with E-state index < -0.39 is 0 Å². The standard InChI is InChI=1S/C12H17N5O2/c1-3-18-12-16-10(13)15-11(17-12)14-8(2)7-9-5-4-6-19-9/h4-6,8H,3,7H2,1-2H3,(H3,13,14,15,16,17). The summed E-state index contributed by atoms with van der Waals surface area (Å²) in [6.45, 7) is 4.33. The molecule has 0 saturated carbocycles. The number of nitrogens with zero attached hydrogens (tertiary/aromatic N) is 3. The number of hydrogen-bond donors (Lipinski definition) is 2. The Balaban J connectivity index is 2.01. The third kappa shape index (κ3) is 3.84. The molecule has 7 heteroatoms. The van der Waals surface area contributed by atoms with Gasteiger partial charge in [-0.2, -0.15) is 15.0 Å². The van der Waals surface area contributed by atoms with Crippen LogP contribution in [0, 0.1) is 0 Å². The molecule has 2 aromatic rings. The van der Waals surface area contributed by atoms with Crippen molar-refractivity contribution < 1.29 is 9.15 Å². The van der Waals surface area contributed by atoms with Crippen molar-refractivity contribution in [3.8, 4) is 6.01 Å². The number of nitrogens with one attached hydrogen (secondary N) is 1. The average Bonchev–Trinajstić information content (AvgIpc) is 2.81. The Morgan fingerprint density at radius 3 is 2.95 bits per heavy atom. The lowest BCUT2D eigenvalue weighted by Crippen LogP contribution is -2.20. The number of nitrogens with two attached hydrogens (primary N) is 1. The van der Waals surface area contributed by atoms with Crippen LogP contribution in [0.5, 0.6) is 6.01 Å². The first-order chi connectivity index (χ1) is 9.17. The molecule has 2 heterocycles. The van der Waals surface area contributed by atoms with E-state index in [1.165, 1.54) is 0 Å². The van der Waals surface area contributed by atoms with Crippen LogP contribution in [-0.2, 0) is 6.42 Å². The van der Waals surface area contributed by atoms with Crippen LogP contribution in [0.3, 0.4) is 0 Å². The van der Waals surface area contributed by atoms with Crippen LogP contribution in [0.1, 0.15) is 19.6 Å². The summed E-state index contributed by atoms with van der Waals surface area (Å²) in [5.74, 6) is 1.42. The molecule has 0 aromatic carbocycles. The molecule has 19 heavy (non-hydrogen) atoms. The highest BCUT2D eigenvalue weighted by Gasteiger charge is 2.10. The summed E-state index contributed by atoms with van der Waals surface area (Å²) < 4.78 is 10.5. The maximum Gasteiger partial charge on any atom is 0.323 e. The van der Waals surface area contributed by atoms with Gasteiger partial charge in [0.05, 0.1) is 12.9 Å². The predicted molar refractivity (Wildman–Crippen MR) is 70.9 cm³/mol. The van der Waals surface area contributed by atoms with Crippen LogP contribution >= 0.6 is 0 Å². The second-order valence-corrected chi connectivity index (χ2v) is 4.06. The van der Waals surface area contributed by atoms with E-state index in [1.807, 2.05) is 26.0 Å². The minimum atomic E-state index is 0.0995. The monoisotopic (exact) mass is 263 g/mol. The minimum Gasteiger partial charge on any atom is -0.469 e. The van der Waals surface area contributed by atoms with Crippen LogP contribution in [-0.4, -0.2) is 27.6 Å². The summed E-state index contributed by atoms with van der Waals surface area (Å²) in [7, 11) is 0. The lowest BCUT2D eigenvalue weighted by Gasteiger charge is -2.13. The van der Waals surface area contributed by atoms with Gasteiger partial charge in [0.2, 0.25) is 11.9 Å². The number of furan rings is 1. The molecule has 2 aromatic heterocycles. The van der Waals surface area contributed by atoms with Crippen molar-refractivity contribution in [3.05, 3.63) is 24.2 Å². The topological polar surface area (TPSA) is 99.1 Å². The molecule has 0 aliphatic heterocycles. The van der Waals surface area contributed by atoms with Crippen LogP contribution < -0.4 is 15.8 Å². The van der Waals surface area contributed by atoms with Crippen LogP contribution in [0.4, 0.5) is 11.9 Å². The van der Waals surface area contributed by atoms with Gasteiger partial charge in [0.1, 0.15) is 5.76 Å². The van der Waals surface area contributed by atoms with Gasteiger partial charge in [-0.15, -0.1) is 0 Å². The normalized spacial score (nSPS) is 12.1. The molecular formula is C12H17N5O2. The second kappa shape index (κ2) is 6.03. The largest absolute Gasteiger partial charge is 0.469 e. The lowest BCUT2D eigenvalue weighted by atomic mass is 10.2. The van der Waals surface area contributed by atoms with Gasteiger partial charge in [-0.3, -0.25) is 0 Å². The van der Waals surface area contributed by atoms with Crippen molar-refractivity contribution >= 4 is 11.9 Å². The highest BCUT2D eigenvalue weighted by molar-refractivity contribution is 5.33. The van der Waals surface area contributed by atoms with Gasteiger partial charge < -0.3 is 20.2 Å². The molecule has 3 N–H and O–H groups in total. The van der Waals surface area contributed by atoms with Gasteiger partial charge in [0, 0.05) is 12.5 Å². The minimum absolute atomic E-state index is 0.0995. The first kappa shape index (κ1) is 13.1. The lowest BCUT2D eigenvalue weighted by molar-refractivity contribution is 0.312. The quantitative estimate of drug-likeness (QED) is 0.814. The fourth-order valence-electron chi connectivity index (χ4n) is 1.63. The molecule has 0 spiro atoms. The Hall–Kier alpha value is -2.31. The molecular weight excluding hydrogens is 246 g/mol. The summed E-state index contributed by atoms with van der Waals surface area (Å²) >= 11 is 0. The van der Waals surface area contributed by atoms with E-state index in [0.29, 0.717) is 12.6 Å². The van der Waals surface area contributed by atoms with Gasteiger partial charge in [-0.25, -0.2) is 0 Å². The van der Waals surface area contributed by atoms with Crippen LogP contribution in [0.2, 0.25) is 0 Å². The highest BCUT2D eigenvalue weighted by atomic mass is 16.5. The molecule has 1 atom stereocenters. The number of aromatic nitrogens is 3. The second-order valence-electron chi connectivity index (χ2n) is 4.06. The van der Waals surface area contributed by atoms with Gasteiger partial charge in [-0.1, -0.05) is 0 Å². The fraction of sp³-hybridized carbons (Fsp3) is 0.417. The van der Waals surface area contributed by atoms with E-state index >= 15 is 0 Å². The van der Waals surface area contributed by atoms with Crippen LogP contribution in [0.15, 0.2) is 22.8 Å². The van der Waals surface area contributed by atoms with E-state index in [4.69, 9.17) is 14.9 Å². The Kier molecular flexibility index (Phi) is 4.17. The molecule has 0 amide bonds. The third-order valence-corrected chi connectivity index (χ3v) is 2.37. The molecule has 1 unspecified atom stereocenters. The molecule has 0 radical (unpaired) electrons. The highest BCUT2D eigenvalue weighted by Crippen LogP contribution is 2.12. The molecule has 102 valence electrons. The maximum absolute atomic E-state index is 5.60. The summed E-state index contributed by atoms with van der Waals surface area (Å²) in [5, 5.41) is 3.14. The number of hydrogen-bond acceptors (Lipinski definition) is 7. The zero-order valence-corrected chi connectivity index (χ0v) is 11.0. The maximum atomic E-state index is 5.60. The first-order valence-corrected chi connectivity index (χ1v) is 6.10. The zero-order valence-electron chi connectivity index (χ0n) is 11.0. The number of nitrogen functional groups attached to an aromatic ring is 1. The van der Waals surface area contributed by atoms with Crippen molar-refractivity contribution in [2.75, 3.05) is 17.7 Å². The Morgan fingerprint density at radius 2 is 2.26 bits per heavy atom. The smallest absolute Gasteiger partial charge is 0.323 e. The number of ether oxygens (including phenoxy) is 1. The molecule has 0 bridgehead atoms. The molecule has 7 nitrogen and oxygen atoms in total. The molecule has 0 fully saturated rings. The molecule has 0 saturated heterocycles. The summed E-state index contributed by atoms with van der Waals surface area (Å²) in [6, 6.07) is 4.10. The van der Waals surface area contributed by atoms with Crippen molar-refractivity contribution in [2.45, 2.75) is 26.3 Å². The molecule has 0 aliphatic carbocycles. The van der Waals surface area contributed by atoms with Crippen LogP contribution in [0.25, 0.3) is 0 Å². The van der Waals surface area contributed by atoms with Crippen molar-refractivity contribution in [1.82, 2.24) is 15.0 Å². The van der Waals surface area contributed by atoms with Crippen molar-refractivity contribution in [2.24, 2.45) is 0 Å². The van der Waals surface area contributed by atoms with E-state index in [0.717, 1.165) is 12.2 Å². The van der Waals surface area contributed by atoms with Crippen molar-refractivity contribution in [3.63, 3.8) is 0 Å². The summed E-state index contributed by atoms with van der Waals surface area (Å²) in [6.07, 6.45) is 2.37. The van der Waals surface area contributed by atoms with E-state index in [-0.39, 0.29) is 18.0 Å². The summed E-state index contributed by atoms with van der Waals surface area (Å²) in [4.78, 5) is 12.0. The van der Waals surface area contributed by atoms with E-state index in [1.54, 1.807) is 6.26 Å². The Labute approximate surface area is 111 Å². The number of anilines is 2. The zero-order chi connectivity index (χ0) is 13.7. The first-order valence-electron chi connectivity index (χ1n) is 6.10. The predicted octanol–water partition coefficient (Wildman–Crippen LogP) is 1.49. The number of rotatable bonds is 6. The third-order valence-electron chi connectivity index (χ3n) is 2.37. The van der Waals surface area contributed by atoms with Gasteiger partial charge in [0.25, 0.3) is 0 Å². The Morgan fingerprint density at radius 1 is 1.42 bits per heavy atom. The average molecular weight is 263 g/mol. The molecule has 0 aliphatic rings. The molecule has 2 rings (SSSR count). The van der Waals surface area contributed by atoms with Crippen molar-refractivity contribution in [1.29, 1.82) is 0 Å². The van der Waals surface area contributed by atoms with Gasteiger partial charge in [-0.05, 0) is 26.0 Å². The Bertz CT molecular complexity index is 515.